The third kappa shape index (κ3) is 5.37. The fraction of sp³-hybridized carbons (Fsp3) is 0.269. The van der Waals surface area contributed by atoms with Gasteiger partial charge in [0.15, 0.2) is 0 Å². The first-order valence-corrected chi connectivity index (χ1v) is 13.2. The summed E-state index contributed by atoms with van der Waals surface area (Å²) in [6.45, 7) is 3.43. The van der Waals surface area contributed by atoms with E-state index in [0.29, 0.717) is 22.0 Å². The zero-order valence-electron chi connectivity index (χ0n) is 19.1. The Balaban J connectivity index is 1.56. The molecule has 1 saturated heterocycles. The van der Waals surface area contributed by atoms with Gasteiger partial charge in [0.05, 0.1) is 10.6 Å². The molecule has 1 fully saturated rings. The van der Waals surface area contributed by atoms with E-state index in [1.165, 1.54) is 31.4 Å². The summed E-state index contributed by atoms with van der Waals surface area (Å²) in [4.78, 5) is 15.4. The van der Waals surface area contributed by atoms with Crippen LogP contribution in [-0.2, 0) is 14.8 Å². The summed E-state index contributed by atoms with van der Waals surface area (Å²) in [6.07, 6.45) is 3.64. The van der Waals surface area contributed by atoms with E-state index in [0.717, 1.165) is 23.1 Å². The number of piperidine rings is 1. The Morgan fingerprint density at radius 1 is 0.941 bits per heavy atom. The summed E-state index contributed by atoms with van der Waals surface area (Å²) in [6, 6.07) is 20.8. The molecule has 1 heterocycles. The molecule has 0 bridgehead atoms. The summed E-state index contributed by atoms with van der Waals surface area (Å²) in [5.41, 5.74) is 2.69. The van der Waals surface area contributed by atoms with E-state index in [9.17, 15) is 13.2 Å². The predicted molar refractivity (Wildman–Crippen MR) is 138 cm³/mol. The summed E-state index contributed by atoms with van der Waals surface area (Å²) in [7, 11) is -3.99. The number of carbonyl (C=O) groups excluding carboxylic acids is 1. The number of amides is 1. The number of sulfonamides is 1. The first-order valence-electron chi connectivity index (χ1n) is 11.3. The van der Waals surface area contributed by atoms with E-state index in [1.807, 2.05) is 24.3 Å². The van der Waals surface area contributed by atoms with Crippen molar-refractivity contribution in [2.24, 2.45) is 0 Å². The van der Waals surface area contributed by atoms with Crippen molar-refractivity contribution in [2.45, 2.75) is 31.1 Å². The van der Waals surface area contributed by atoms with Gasteiger partial charge in [-0.3, -0.25) is 9.10 Å². The maximum atomic E-state index is 13.5. The first-order chi connectivity index (χ1) is 16.4. The number of hydrogen-bond acceptors (Lipinski definition) is 4. The van der Waals surface area contributed by atoms with Crippen molar-refractivity contribution in [1.29, 1.82) is 0 Å². The van der Waals surface area contributed by atoms with Gasteiger partial charge in [-0.05, 0) is 80.3 Å². The fourth-order valence-electron chi connectivity index (χ4n) is 4.12. The molecule has 1 amide bonds. The normalized spacial score (nSPS) is 14.0. The van der Waals surface area contributed by atoms with Crippen molar-refractivity contribution in [1.82, 2.24) is 0 Å². The van der Waals surface area contributed by atoms with Crippen LogP contribution in [0, 0.1) is 6.92 Å². The van der Waals surface area contributed by atoms with Gasteiger partial charge in [-0.2, -0.15) is 0 Å². The molecule has 4 rings (SSSR count). The van der Waals surface area contributed by atoms with Crippen LogP contribution in [-0.4, -0.2) is 34.0 Å². The van der Waals surface area contributed by atoms with Crippen LogP contribution in [0.4, 0.5) is 17.1 Å². The second-order valence-electron chi connectivity index (χ2n) is 8.35. The molecule has 3 aromatic rings. The Kier molecular flexibility index (Phi) is 7.44. The quantitative estimate of drug-likeness (QED) is 0.469. The third-order valence-corrected chi connectivity index (χ3v) is 8.18. The minimum Gasteiger partial charge on any atom is -0.372 e. The van der Waals surface area contributed by atoms with Crippen LogP contribution >= 0.6 is 11.6 Å². The molecule has 0 atom stereocenters. The number of anilines is 3. The van der Waals surface area contributed by atoms with Gasteiger partial charge in [-0.25, -0.2) is 8.42 Å². The lowest BCUT2D eigenvalue weighted by atomic mass is 10.1. The molecule has 178 valence electrons. The molecule has 1 N–H and O–H groups in total. The van der Waals surface area contributed by atoms with E-state index in [-0.39, 0.29) is 11.4 Å². The Labute approximate surface area is 206 Å². The van der Waals surface area contributed by atoms with Gasteiger partial charge in [0.2, 0.25) is 5.91 Å². The largest absolute Gasteiger partial charge is 0.372 e. The van der Waals surface area contributed by atoms with E-state index < -0.39 is 15.9 Å². The van der Waals surface area contributed by atoms with Crippen LogP contribution in [0.15, 0.2) is 77.7 Å². The number of benzene rings is 3. The predicted octanol–water partition coefficient (Wildman–Crippen LogP) is 5.47. The lowest BCUT2D eigenvalue weighted by Crippen LogP contribution is -2.38. The minimum absolute atomic E-state index is 0.105. The lowest BCUT2D eigenvalue weighted by molar-refractivity contribution is -0.114. The molecule has 3 aromatic carbocycles. The molecule has 8 heteroatoms. The van der Waals surface area contributed by atoms with Crippen molar-refractivity contribution >= 4 is 44.6 Å². The maximum absolute atomic E-state index is 13.5. The number of carbonyl (C=O) groups is 1. The average molecular weight is 498 g/mol. The summed E-state index contributed by atoms with van der Waals surface area (Å²) < 4.78 is 28.1. The Bertz CT molecular complexity index is 1240. The SMILES string of the molecule is Cc1c(Cl)cccc1N(CC(=O)Nc1ccc(N2CCCCC2)cc1)S(=O)(=O)c1ccccc1. The zero-order valence-corrected chi connectivity index (χ0v) is 20.6. The van der Waals surface area contributed by atoms with E-state index in [4.69, 9.17) is 11.6 Å². The highest BCUT2D eigenvalue weighted by atomic mass is 35.5. The van der Waals surface area contributed by atoms with Crippen LogP contribution in [0.5, 0.6) is 0 Å². The van der Waals surface area contributed by atoms with Gasteiger partial charge in [0.1, 0.15) is 6.54 Å². The van der Waals surface area contributed by atoms with E-state index >= 15 is 0 Å². The average Bonchev–Trinajstić information content (AvgIpc) is 2.86. The van der Waals surface area contributed by atoms with Gasteiger partial charge in [0, 0.05) is 29.5 Å². The molecule has 0 saturated carbocycles. The van der Waals surface area contributed by atoms with Crippen LogP contribution in [0.3, 0.4) is 0 Å². The van der Waals surface area contributed by atoms with Crippen LogP contribution in [0.25, 0.3) is 0 Å². The Hall–Kier alpha value is -3.03. The Morgan fingerprint density at radius 2 is 1.62 bits per heavy atom. The lowest BCUT2D eigenvalue weighted by Gasteiger charge is -2.29. The van der Waals surface area contributed by atoms with Crippen molar-refractivity contribution < 1.29 is 13.2 Å². The van der Waals surface area contributed by atoms with Gasteiger partial charge < -0.3 is 10.2 Å². The summed E-state index contributed by atoms with van der Waals surface area (Å²) >= 11 is 6.27. The second-order valence-corrected chi connectivity index (χ2v) is 10.6. The minimum atomic E-state index is -3.99. The molecule has 1 aliphatic rings. The number of hydrogen-bond donors (Lipinski definition) is 1. The van der Waals surface area contributed by atoms with Gasteiger partial charge >= 0.3 is 0 Å². The van der Waals surface area contributed by atoms with Crippen molar-refractivity contribution in [3.8, 4) is 0 Å². The third-order valence-electron chi connectivity index (χ3n) is 6.00. The number of rotatable bonds is 7. The zero-order chi connectivity index (χ0) is 24.1. The molecule has 1 aliphatic heterocycles. The van der Waals surface area contributed by atoms with Crippen molar-refractivity contribution in [2.75, 3.05) is 34.2 Å². The monoisotopic (exact) mass is 497 g/mol. The van der Waals surface area contributed by atoms with Gasteiger partial charge in [0.25, 0.3) is 10.0 Å². The molecule has 0 aliphatic carbocycles. The summed E-state index contributed by atoms with van der Waals surface area (Å²) in [5, 5.41) is 3.26. The summed E-state index contributed by atoms with van der Waals surface area (Å²) in [5.74, 6) is -0.440. The van der Waals surface area contributed by atoms with Crippen molar-refractivity contribution in [3.63, 3.8) is 0 Å². The second kappa shape index (κ2) is 10.5. The number of nitrogens with zero attached hydrogens (tertiary/aromatic N) is 2. The Morgan fingerprint density at radius 3 is 2.29 bits per heavy atom. The molecule has 0 spiro atoms. The van der Waals surface area contributed by atoms with Gasteiger partial charge in [-0.1, -0.05) is 35.9 Å². The molecule has 0 unspecified atom stereocenters. The molecule has 34 heavy (non-hydrogen) atoms. The smallest absolute Gasteiger partial charge is 0.264 e. The highest BCUT2D eigenvalue weighted by Gasteiger charge is 2.28. The maximum Gasteiger partial charge on any atom is 0.264 e. The molecule has 6 nitrogen and oxygen atoms in total. The topological polar surface area (TPSA) is 69.7 Å². The fourth-order valence-corrected chi connectivity index (χ4v) is 5.79. The molecule has 0 aromatic heterocycles. The number of nitrogens with one attached hydrogen (secondary N) is 1. The number of halogens is 1. The van der Waals surface area contributed by atoms with Crippen LogP contribution in [0.1, 0.15) is 24.8 Å². The highest BCUT2D eigenvalue weighted by Crippen LogP contribution is 2.31. The molecular weight excluding hydrogens is 470 g/mol. The van der Waals surface area contributed by atoms with E-state index in [1.54, 1.807) is 43.3 Å². The van der Waals surface area contributed by atoms with Crippen LogP contribution in [0.2, 0.25) is 5.02 Å². The first kappa shape index (κ1) is 24.1. The standard InChI is InChI=1S/C26H28ClN3O3S/c1-20-24(27)11-8-12-25(20)30(34(32,33)23-9-4-2-5-10-23)19-26(31)28-21-13-15-22(16-14-21)29-17-6-3-7-18-29/h2,4-5,8-16H,3,6-7,17-19H2,1H3,(H,28,31). The van der Waals surface area contributed by atoms with Crippen LogP contribution < -0.4 is 14.5 Å². The molecule has 0 radical (unpaired) electrons. The van der Waals surface area contributed by atoms with Crippen molar-refractivity contribution in [3.05, 3.63) is 83.4 Å². The van der Waals surface area contributed by atoms with E-state index in [2.05, 4.69) is 10.2 Å². The molecular formula is C26H28ClN3O3S. The highest BCUT2D eigenvalue weighted by molar-refractivity contribution is 7.92. The van der Waals surface area contributed by atoms with Gasteiger partial charge in [-0.15, -0.1) is 0 Å².